The van der Waals surface area contributed by atoms with Crippen LogP contribution in [0.2, 0.25) is 0 Å². The van der Waals surface area contributed by atoms with Crippen LogP contribution in [0.3, 0.4) is 0 Å². The van der Waals surface area contributed by atoms with Gasteiger partial charge in [0.2, 0.25) is 0 Å². The molecule has 0 spiro atoms. The van der Waals surface area contributed by atoms with Crippen LogP contribution in [0.15, 0.2) is 30.3 Å². The Morgan fingerprint density at radius 1 is 1.13 bits per heavy atom. The Morgan fingerprint density at radius 3 is 2.40 bits per heavy atom. The Morgan fingerprint density at radius 2 is 1.80 bits per heavy atom. The van der Waals surface area contributed by atoms with E-state index in [0.717, 1.165) is 6.42 Å². The summed E-state index contributed by atoms with van der Waals surface area (Å²) in [4.78, 5) is 0. The second kappa shape index (κ2) is 6.59. The van der Waals surface area contributed by atoms with Crippen molar-refractivity contribution < 1.29 is 9.47 Å². The van der Waals surface area contributed by atoms with Gasteiger partial charge in [-0.05, 0) is 32.8 Å². The predicted molar refractivity (Wildman–Crippen MR) is 61.8 cm³/mol. The van der Waals surface area contributed by atoms with Gasteiger partial charge in [-0.1, -0.05) is 30.3 Å². The molecule has 0 bridgehead atoms. The highest BCUT2D eigenvalue weighted by Gasteiger charge is 2.08. The summed E-state index contributed by atoms with van der Waals surface area (Å²) in [6.07, 6.45) is 1.00. The summed E-state index contributed by atoms with van der Waals surface area (Å²) in [6, 6.07) is 10.4. The molecule has 0 saturated carbocycles. The summed E-state index contributed by atoms with van der Waals surface area (Å²) in [5.41, 5.74) is 1.30. The van der Waals surface area contributed by atoms with Crippen molar-refractivity contribution in [2.75, 3.05) is 6.61 Å². The number of ether oxygens (including phenoxy) is 2. The van der Waals surface area contributed by atoms with Crippen LogP contribution in [-0.4, -0.2) is 19.0 Å². The van der Waals surface area contributed by atoms with Crippen LogP contribution < -0.4 is 0 Å². The standard InChI is InChI=1S/C13H20O2/c1-4-14-12(3)15-11(2)10-13-8-6-5-7-9-13/h5-9,11-12H,4,10H2,1-3H3. The van der Waals surface area contributed by atoms with Gasteiger partial charge < -0.3 is 9.47 Å². The average Bonchev–Trinajstić information content (AvgIpc) is 2.19. The highest BCUT2D eigenvalue weighted by molar-refractivity contribution is 5.15. The van der Waals surface area contributed by atoms with E-state index in [4.69, 9.17) is 9.47 Å². The molecule has 0 aliphatic rings. The molecule has 84 valence electrons. The zero-order valence-electron chi connectivity index (χ0n) is 9.77. The molecule has 0 radical (unpaired) electrons. The van der Waals surface area contributed by atoms with Crippen LogP contribution in [0.5, 0.6) is 0 Å². The summed E-state index contributed by atoms with van der Waals surface area (Å²) in [6.45, 7) is 6.68. The van der Waals surface area contributed by atoms with Crippen LogP contribution in [0.4, 0.5) is 0 Å². The van der Waals surface area contributed by atoms with E-state index in [9.17, 15) is 0 Å². The van der Waals surface area contributed by atoms with Gasteiger partial charge in [-0.3, -0.25) is 0 Å². The third-order valence-electron chi connectivity index (χ3n) is 2.19. The molecule has 0 aromatic heterocycles. The maximum Gasteiger partial charge on any atom is 0.155 e. The van der Waals surface area contributed by atoms with Crippen molar-refractivity contribution in [3.05, 3.63) is 35.9 Å². The molecule has 0 aliphatic carbocycles. The molecule has 0 N–H and O–H groups in total. The normalized spacial score (nSPS) is 14.9. The van der Waals surface area contributed by atoms with Crippen molar-refractivity contribution in [2.24, 2.45) is 0 Å². The molecular weight excluding hydrogens is 188 g/mol. The molecular formula is C13H20O2. The van der Waals surface area contributed by atoms with E-state index in [0.29, 0.717) is 6.61 Å². The third kappa shape index (κ3) is 4.96. The Labute approximate surface area is 92.2 Å². The summed E-state index contributed by atoms with van der Waals surface area (Å²) in [5, 5.41) is 0. The van der Waals surface area contributed by atoms with Crippen molar-refractivity contribution in [1.29, 1.82) is 0 Å². The summed E-state index contributed by atoms with van der Waals surface area (Å²) in [7, 11) is 0. The molecule has 0 fully saturated rings. The lowest BCUT2D eigenvalue weighted by Crippen LogP contribution is -2.21. The van der Waals surface area contributed by atoms with Crippen LogP contribution in [-0.2, 0) is 15.9 Å². The summed E-state index contributed by atoms with van der Waals surface area (Å²) in [5.74, 6) is 0. The monoisotopic (exact) mass is 208 g/mol. The molecule has 0 amide bonds. The van der Waals surface area contributed by atoms with Gasteiger partial charge in [0.1, 0.15) is 0 Å². The maximum atomic E-state index is 5.67. The summed E-state index contributed by atoms with van der Waals surface area (Å²) >= 11 is 0. The first-order chi connectivity index (χ1) is 7.22. The van der Waals surface area contributed by atoms with Crippen molar-refractivity contribution >= 4 is 0 Å². The molecule has 1 rings (SSSR count). The fraction of sp³-hybridized carbons (Fsp3) is 0.538. The number of hydrogen-bond donors (Lipinski definition) is 0. The van der Waals surface area contributed by atoms with E-state index in [1.165, 1.54) is 5.56 Å². The van der Waals surface area contributed by atoms with Crippen molar-refractivity contribution in [3.63, 3.8) is 0 Å². The van der Waals surface area contributed by atoms with Crippen LogP contribution >= 0.6 is 0 Å². The van der Waals surface area contributed by atoms with E-state index >= 15 is 0 Å². The van der Waals surface area contributed by atoms with Crippen molar-refractivity contribution in [2.45, 2.75) is 39.6 Å². The van der Waals surface area contributed by atoms with Gasteiger partial charge in [-0.2, -0.15) is 0 Å². The van der Waals surface area contributed by atoms with Crippen LogP contribution in [0, 0.1) is 0 Å². The Balaban J connectivity index is 2.33. The molecule has 15 heavy (non-hydrogen) atoms. The average molecular weight is 208 g/mol. The topological polar surface area (TPSA) is 18.5 Å². The Bertz CT molecular complexity index is 258. The lowest BCUT2D eigenvalue weighted by Gasteiger charge is -2.18. The molecule has 0 saturated heterocycles. The number of hydrogen-bond acceptors (Lipinski definition) is 2. The minimum atomic E-state index is -0.117. The third-order valence-corrected chi connectivity index (χ3v) is 2.19. The molecule has 1 aromatic rings. The minimum Gasteiger partial charge on any atom is -0.353 e. The molecule has 0 aliphatic heterocycles. The van der Waals surface area contributed by atoms with Crippen molar-refractivity contribution in [1.82, 2.24) is 0 Å². The fourth-order valence-corrected chi connectivity index (χ4v) is 1.60. The molecule has 2 unspecified atom stereocenters. The highest BCUT2D eigenvalue weighted by atomic mass is 16.7. The molecule has 2 atom stereocenters. The quantitative estimate of drug-likeness (QED) is 0.669. The minimum absolute atomic E-state index is 0.117. The van der Waals surface area contributed by atoms with Crippen LogP contribution in [0.25, 0.3) is 0 Å². The lowest BCUT2D eigenvalue weighted by molar-refractivity contribution is -0.152. The summed E-state index contributed by atoms with van der Waals surface area (Å²) < 4.78 is 11.0. The number of rotatable bonds is 6. The smallest absolute Gasteiger partial charge is 0.155 e. The molecule has 2 nitrogen and oxygen atoms in total. The second-order valence-corrected chi connectivity index (χ2v) is 3.66. The highest BCUT2D eigenvalue weighted by Crippen LogP contribution is 2.08. The van der Waals surface area contributed by atoms with Gasteiger partial charge in [-0.25, -0.2) is 0 Å². The van der Waals surface area contributed by atoms with E-state index < -0.39 is 0 Å². The van der Waals surface area contributed by atoms with Gasteiger partial charge in [0.05, 0.1) is 6.10 Å². The van der Waals surface area contributed by atoms with Gasteiger partial charge in [0, 0.05) is 6.61 Å². The number of benzene rings is 1. The molecule has 2 heteroatoms. The van der Waals surface area contributed by atoms with Crippen LogP contribution in [0.1, 0.15) is 26.3 Å². The first-order valence-electron chi connectivity index (χ1n) is 5.53. The van der Waals surface area contributed by atoms with Gasteiger partial charge in [-0.15, -0.1) is 0 Å². The SMILES string of the molecule is CCOC(C)OC(C)Cc1ccccc1. The first-order valence-corrected chi connectivity index (χ1v) is 5.53. The Hall–Kier alpha value is -0.860. The van der Waals surface area contributed by atoms with Gasteiger partial charge >= 0.3 is 0 Å². The second-order valence-electron chi connectivity index (χ2n) is 3.66. The largest absolute Gasteiger partial charge is 0.353 e. The van der Waals surface area contributed by atoms with E-state index in [1.54, 1.807) is 0 Å². The first kappa shape index (κ1) is 12.2. The zero-order valence-corrected chi connectivity index (χ0v) is 9.77. The van der Waals surface area contributed by atoms with E-state index in [-0.39, 0.29) is 12.4 Å². The lowest BCUT2D eigenvalue weighted by atomic mass is 10.1. The maximum absolute atomic E-state index is 5.67. The molecule has 1 aromatic carbocycles. The van der Waals surface area contributed by atoms with E-state index in [2.05, 4.69) is 19.1 Å². The molecule has 0 heterocycles. The van der Waals surface area contributed by atoms with Gasteiger partial charge in [0.25, 0.3) is 0 Å². The predicted octanol–water partition coefficient (Wildman–Crippen LogP) is 3.02. The zero-order chi connectivity index (χ0) is 11.1. The van der Waals surface area contributed by atoms with E-state index in [1.807, 2.05) is 32.0 Å². The fourth-order valence-electron chi connectivity index (χ4n) is 1.60. The van der Waals surface area contributed by atoms with Crippen molar-refractivity contribution in [3.8, 4) is 0 Å². The van der Waals surface area contributed by atoms with Gasteiger partial charge in [0.15, 0.2) is 6.29 Å². The Kier molecular flexibility index (Phi) is 5.37.